The second-order valence-electron chi connectivity index (χ2n) is 3.95. The number of aromatic nitrogens is 1. The van der Waals surface area contributed by atoms with E-state index in [9.17, 15) is 0 Å². The molecule has 0 saturated carbocycles. The molecule has 1 aromatic heterocycles. The fraction of sp³-hybridized carbons (Fsp3) is 0.214. The Morgan fingerprint density at radius 3 is 3.00 bits per heavy atom. The number of nitrogens with one attached hydrogen (secondary N) is 1. The van der Waals surface area contributed by atoms with Gasteiger partial charge in [0.05, 0.1) is 16.2 Å². The third kappa shape index (κ3) is 2.59. The van der Waals surface area contributed by atoms with Gasteiger partial charge in [0, 0.05) is 18.1 Å². The van der Waals surface area contributed by atoms with Crippen molar-refractivity contribution in [3.8, 4) is 0 Å². The number of hydrogen-bond donors (Lipinski definition) is 1. The van der Waals surface area contributed by atoms with E-state index in [4.69, 9.17) is 11.6 Å². The Kier molecular flexibility index (Phi) is 3.64. The van der Waals surface area contributed by atoms with Crippen molar-refractivity contribution in [1.29, 1.82) is 0 Å². The molecule has 2 nitrogen and oxygen atoms in total. The maximum atomic E-state index is 6.13. The largest absolute Gasteiger partial charge is 0.380 e. The van der Waals surface area contributed by atoms with Crippen molar-refractivity contribution in [2.75, 3.05) is 11.9 Å². The molecule has 0 radical (unpaired) electrons. The van der Waals surface area contributed by atoms with E-state index in [1.165, 1.54) is 5.57 Å². The van der Waals surface area contributed by atoms with Crippen LogP contribution >= 0.6 is 11.6 Å². The van der Waals surface area contributed by atoms with Gasteiger partial charge in [0.25, 0.3) is 0 Å². The van der Waals surface area contributed by atoms with E-state index in [1.807, 2.05) is 24.3 Å². The molecule has 0 aliphatic rings. The van der Waals surface area contributed by atoms with Gasteiger partial charge in [0.1, 0.15) is 0 Å². The Hall–Kier alpha value is -1.54. The summed E-state index contributed by atoms with van der Waals surface area (Å²) in [5.41, 5.74) is 3.08. The van der Waals surface area contributed by atoms with Crippen LogP contribution in [0.2, 0.25) is 5.02 Å². The molecule has 0 aliphatic carbocycles. The highest BCUT2D eigenvalue weighted by Crippen LogP contribution is 2.27. The molecule has 0 unspecified atom stereocenters. The van der Waals surface area contributed by atoms with E-state index >= 15 is 0 Å². The zero-order valence-electron chi connectivity index (χ0n) is 9.83. The first-order chi connectivity index (χ1) is 8.22. The summed E-state index contributed by atoms with van der Waals surface area (Å²) in [6.07, 6.45) is 2.75. The minimum Gasteiger partial charge on any atom is -0.380 e. The van der Waals surface area contributed by atoms with Crippen molar-refractivity contribution in [3.63, 3.8) is 0 Å². The molecule has 0 amide bonds. The lowest BCUT2D eigenvalue weighted by Crippen LogP contribution is -2.04. The molecule has 1 N–H and O–H groups in total. The van der Waals surface area contributed by atoms with Crippen molar-refractivity contribution in [1.82, 2.24) is 4.98 Å². The van der Waals surface area contributed by atoms with Gasteiger partial charge in [-0.3, -0.25) is 4.98 Å². The van der Waals surface area contributed by atoms with Crippen LogP contribution in [0.1, 0.15) is 13.3 Å². The number of halogens is 1. The number of hydrogen-bond acceptors (Lipinski definition) is 2. The molecule has 17 heavy (non-hydrogen) atoms. The minimum atomic E-state index is 0.730. The zero-order chi connectivity index (χ0) is 12.3. The molecule has 0 saturated heterocycles. The van der Waals surface area contributed by atoms with Crippen LogP contribution in [0.25, 0.3) is 10.9 Å². The zero-order valence-corrected chi connectivity index (χ0v) is 10.6. The molecular weight excluding hydrogens is 232 g/mol. The van der Waals surface area contributed by atoms with Crippen LogP contribution in [0, 0.1) is 0 Å². The average molecular weight is 247 g/mol. The van der Waals surface area contributed by atoms with Gasteiger partial charge in [0.2, 0.25) is 0 Å². The molecule has 0 bridgehead atoms. The van der Waals surface area contributed by atoms with Gasteiger partial charge in [-0.15, -0.1) is 0 Å². The highest BCUT2D eigenvalue weighted by Gasteiger charge is 2.05. The smallest absolute Gasteiger partial charge is 0.0948 e. The lowest BCUT2D eigenvalue weighted by molar-refractivity contribution is 1.05. The van der Waals surface area contributed by atoms with Crippen molar-refractivity contribution < 1.29 is 0 Å². The number of nitrogens with zero attached hydrogens (tertiary/aromatic N) is 1. The number of pyridine rings is 1. The van der Waals surface area contributed by atoms with E-state index in [2.05, 4.69) is 23.8 Å². The quantitative estimate of drug-likeness (QED) is 0.815. The van der Waals surface area contributed by atoms with Gasteiger partial charge in [-0.25, -0.2) is 0 Å². The summed E-state index contributed by atoms with van der Waals surface area (Å²) < 4.78 is 0. The summed E-state index contributed by atoms with van der Waals surface area (Å²) in [5.74, 6) is 0. The number of benzene rings is 1. The molecule has 1 aromatic carbocycles. The van der Waals surface area contributed by atoms with Crippen LogP contribution in [-0.2, 0) is 0 Å². The summed E-state index contributed by atoms with van der Waals surface area (Å²) in [5, 5.41) is 5.05. The van der Waals surface area contributed by atoms with E-state index < -0.39 is 0 Å². The van der Waals surface area contributed by atoms with Gasteiger partial charge in [0.15, 0.2) is 0 Å². The normalized spacial score (nSPS) is 10.5. The second-order valence-corrected chi connectivity index (χ2v) is 4.36. The topological polar surface area (TPSA) is 24.9 Å². The van der Waals surface area contributed by atoms with E-state index in [1.54, 1.807) is 6.20 Å². The highest BCUT2D eigenvalue weighted by atomic mass is 35.5. The summed E-state index contributed by atoms with van der Waals surface area (Å²) in [7, 11) is 0. The van der Waals surface area contributed by atoms with E-state index in [0.29, 0.717) is 0 Å². The van der Waals surface area contributed by atoms with Crippen LogP contribution in [0.4, 0.5) is 5.69 Å². The van der Waals surface area contributed by atoms with Gasteiger partial charge < -0.3 is 5.32 Å². The first kappa shape index (κ1) is 11.9. The molecule has 2 aromatic rings. The monoisotopic (exact) mass is 246 g/mol. The number of fused-ring (bicyclic) bond motifs is 1. The van der Waals surface area contributed by atoms with Gasteiger partial charge in [-0.1, -0.05) is 30.7 Å². The van der Waals surface area contributed by atoms with Crippen LogP contribution in [0.15, 0.2) is 42.6 Å². The maximum Gasteiger partial charge on any atom is 0.0948 e. The first-order valence-corrected chi connectivity index (χ1v) is 6.04. The van der Waals surface area contributed by atoms with Gasteiger partial charge in [-0.05, 0) is 30.7 Å². The molecule has 0 spiro atoms. The standard InChI is InChI=1S/C14H15ClN2/c1-3-10(2)9-17-13-7-6-12(15)11-5-4-8-16-14(11)13/h4-8,17H,2-3,9H2,1H3. The first-order valence-electron chi connectivity index (χ1n) is 5.66. The summed E-state index contributed by atoms with van der Waals surface area (Å²) in [6, 6.07) is 7.72. The van der Waals surface area contributed by atoms with Gasteiger partial charge >= 0.3 is 0 Å². The highest BCUT2D eigenvalue weighted by molar-refractivity contribution is 6.35. The fourth-order valence-corrected chi connectivity index (χ4v) is 1.84. The summed E-state index contributed by atoms with van der Waals surface area (Å²) >= 11 is 6.13. The third-order valence-electron chi connectivity index (χ3n) is 2.75. The van der Waals surface area contributed by atoms with Crippen molar-refractivity contribution in [2.45, 2.75) is 13.3 Å². The van der Waals surface area contributed by atoms with Crippen molar-refractivity contribution in [2.24, 2.45) is 0 Å². The summed E-state index contributed by atoms with van der Waals surface area (Å²) in [6.45, 7) is 6.84. The molecule has 3 heteroatoms. The predicted octanol–water partition coefficient (Wildman–Crippen LogP) is 4.27. The third-order valence-corrected chi connectivity index (χ3v) is 3.07. The number of rotatable bonds is 4. The molecule has 88 valence electrons. The fourth-order valence-electron chi connectivity index (χ4n) is 1.63. The Balaban J connectivity index is 2.35. The summed E-state index contributed by atoms with van der Waals surface area (Å²) in [4.78, 5) is 4.37. The SMILES string of the molecule is C=C(CC)CNc1ccc(Cl)c2cccnc12. The minimum absolute atomic E-state index is 0.730. The predicted molar refractivity (Wildman–Crippen MR) is 74.7 cm³/mol. The Labute approximate surface area is 106 Å². The molecule has 0 aliphatic heterocycles. The van der Waals surface area contributed by atoms with E-state index in [-0.39, 0.29) is 0 Å². The van der Waals surface area contributed by atoms with E-state index in [0.717, 1.165) is 34.6 Å². The van der Waals surface area contributed by atoms with Crippen molar-refractivity contribution in [3.05, 3.63) is 47.6 Å². The molecule has 1 heterocycles. The van der Waals surface area contributed by atoms with Gasteiger partial charge in [-0.2, -0.15) is 0 Å². The lowest BCUT2D eigenvalue weighted by Gasteiger charge is -2.10. The molecule has 0 fully saturated rings. The second kappa shape index (κ2) is 5.19. The van der Waals surface area contributed by atoms with Crippen LogP contribution in [0.3, 0.4) is 0 Å². The Morgan fingerprint density at radius 2 is 2.24 bits per heavy atom. The lowest BCUT2D eigenvalue weighted by atomic mass is 10.1. The van der Waals surface area contributed by atoms with Crippen LogP contribution in [0.5, 0.6) is 0 Å². The van der Waals surface area contributed by atoms with Crippen molar-refractivity contribution >= 4 is 28.2 Å². The van der Waals surface area contributed by atoms with Crippen LogP contribution in [-0.4, -0.2) is 11.5 Å². The maximum absolute atomic E-state index is 6.13. The molecule has 2 rings (SSSR count). The number of anilines is 1. The average Bonchev–Trinajstić information content (AvgIpc) is 2.38. The van der Waals surface area contributed by atoms with Crippen LogP contribution < -0.4 is 5.32 Å². The molecule has 0 atom stereocenters. The Morgan fingerprint density at radius 1 is 1.41 bits per heavy atom. The molecular formula is C14H15ClN2. The Bertz CT molecular complexity index is 549.